The Morgan fingerprint density at radius 1 is 0.634 bits per heavy atom. The summed E-state index contributed by atoms with van der Waals surface area (Å²) in [6.07, 6.45) is 0. The van der Waals surface area contributed by atoms with Crippen molar-refractivity contribution in [3.63, 3.8) is 0 Å². The molecular formula is C26H26Cl4N6O5. The SMILES string of the molecule is COc1cc([N+](=O)[O-])ccc1N.Cc1ccc(Cl)cc1N.Nc1cc(Cl)ccc1Cl.Nc1ccc(Cl)cc1[N+](=O)[O-]. The van der Waals surface area contributed by atoms with Crippen LogP contribution in [-0.2, 0) is 0 Å². The van der Waals surface area contributed by atoms with E-state index in [-0.39, 0.29) is 17.1 Å². The Labute approximate surface area is 255 Å². The zero-order valence-corrected chi connectivity index (χ0v) is 24.7. The molecular weight excluding hydrogens is 618 g/mol. The van der Waals surface area contributed by atoms with Gasteiger partial charge in [0, 0.05) is 32.9 Å². The van der Waals surface area contributed by atoms with Crippen LogP contribution in [0.5, 0.6) is 5.75 Å². The molecule has 11 nitrogen and oxygen atoms in total. The first-order valence-electron chi connectivity index (χ1n) is 11.2. The number of hydrogen-bond donors (Lipinski definition) is 4. The third-order valence-corrected chi connectivity index (χ3v) is 5.87. The van der Waals surface area contributed by atoms with Crippen LogP contribution in [-0.4, -0.2) is 17.0 Å². The predicted octanol–water partition coefficient (Wildman–Crippen LogP) is 7.82. The van der Waals surface area contributed by atoms with Gasteiger partial charge in [-0.2, -0.15) is 0 Å². The van der Waals surface area contributed by atoms with Crippen molar-refractivity contribution in [3.05, 3.63) is 119 Å². The molecule has 0 bridgehead atoms. The molecule has 4 rings (SSSR count). The fourth-order valence-electron chi connectivity index (χ4n) is 2.61. The van der Waals surface area contributed by atoms with Gasteiger partial charge in [0.25, 0.3) is 11.4 Å². The summed E-state index contributed by atoms with van der Waals surface area (Å²) in [6.45, 7) is 1.95. The zero-order chi connectivity index (χ0) is 31.3. The van der Waals surface area contributed by atoms with E-state index in [1.807, 2.05) is 19.1 Å². The number of anilines is 4. The summed E-state index contributed by atoms with van der Waals surface area (Å²) < 4.78 is 4.81. The van der Waals surface area contributed by atoms with Crippen LogP contribution >= 0.6 is 46.4 Å². The predicted molar refractivity (Wildman–Crippen MR) is 168 cm³/mol. The molecule has 0 fully saturated rings. The minimum absolute atomic E-state index is 0.0268. The van der Waals surface area contributed by atoms with Crippen molar-refractivity contribution < 1.29 is 14.6 Å². The van der Waals surface area contributed by atoms with Crippen LogP contribution in [0.4, 0.5) is 34.1 Å². The quantitative estimate of drug-likeness (QED) is 0.0975. The van der Waals surface area contributed by atoms with Crippen LogP contribution in [0.25, 0.3) is 0 Å². The normalized spacial score (nSPS) is 9.51. The van der Waals surface area contributed by atoms with Gasteiger partial charge in [-0.15, -0.1) is 0 Å². The van der Waals surface area contributed by atoms with Gasteiger partial charge in [0.1, 0.15) is 11.4 Å². The molecule has 0 heterocycles. The Morgan fingerprint density at radius 2 is 1.15 bits per heavy atom. The lowest BCUT2D eigenvalue weighted by Gasteiger charge is -2.02. The smallest absolute Gasteiger partial charge is 0.293 e. The fraction of sp³-hybridized carbons (Fsp3) is 0.0769. The van der Waals surface area contributed by atoms with E-state index in [2.05, 4.69) is 0 Å². The summed E-state index contributed by atoms with van der Waals surface area (Å²) in [5.74, 6) is 0.323. The summed E-state index contributed by atoms with van der Waals surface area (Å²) in [7, 11) is 1.41. The molecule has 0 atom stereocenters. The van der Waals surface area contributed by atoms with Crippen molar-refractivity contribution >= 4 is 80.5 Å². The molecule has 0 aliphatic heterocycles. The Balaban J connectivity index is 0.000000275. The standard InChI is InChI=1S/C7H8ClN.C7H8N2O3.C6H5Cl2N.C6H5ClN2O2/c1-5-2-3-6(8)4-7(5)9;1-12-7-4-5(9(10)11)2-3-6(7)8;7-4-1-2-5(8)6(9)3-4;7-4-1-2-5(8)6(3-4)9(10)11/h2-4H,9H2,1H3;2-4H,8H2,1H3;1-3H,9H2;1-3H,8H2. The van der Waals surface area contributed by atoms with Crippen molar-refractivity contribution in [2.24, 2.45) is 0 Å². The largest absolute Gasteiger partial charge is 0.494 e. The minimum Gasteiger partial charge on any atom is -0.494 e. The lowest BCUT2D eigenvalue weighted by atomic mass is 10.2. The average molecular weight is 644 g/mol. The summed E-state index contributed by atoms with van der Waals surface area (Å²) in [5.41, 5.74) is 24.4. The minimum atomic E-state index is -0.568. The third kappa shape index (κ3) is 12.3. The molecule has 0 aliphatic carbocycles. The first kappa shape index (κ1) is 34.9. The number of hydrogen-bond acceptors (Lipinski definition) is 9. The first-order chi connectivity index (χ1) is 19.2. The van der Waals surface area contributed by atoms with Crippen LogP contribution in [0.2, 0.25) is 20.1 Å². The second kappa shape index (κ2) is 16.8. The van der Waals surface area contributed by atoms with Gasteiger partial charge in [-0.05, 0) is 61.0 Å². The second-order valence-electron chi connectivity index (χ2n) is 7.81. The van der Waals surface area contributed by atoms with E-state index < -0.39 is 9.85 Å². The van der Waals surface area contributed by atoms with Crippen molar-refractivity contribution in [3.8, 4) is 5.75 Å². The molecule has 0 unspecified atom stereocenters. The number of nitrogens with zero attached hydrogens (tertiary/aromatic N) is 2. The third-order valence-electron chi connectivity index (χ3n) is 4.82. The molecule has 8 N–H and O–H groups in total. The van der Waals surface area contributed by atoms with Gasteiger partial charge in [-0.25, -0.2) is 0 Å². The Kier molecular flexibility index (Phi) is 14.3. The zero-order valence-electron chi connectivity index (χ0n) is 21.7. The first-order valence-corrected chi connectivity index (χ1v) is 12.7. The number of ether oxygens (including phenoxy) is 1. The van der Waals surface area contributed by atoms with Gasteiger partial charge in [-0.1, -0.05) is 52.5 Å². The fourth-order valence-corrected chi connectivity index (χ4v) is 3.26. The monoisotopic (exact) mass is 642 g/mol. The number of rotatable bonds is 3. The van der Waals surface area contributed by atoms with Gasteiger partial charge in [0.15, 0.2) is 0 Å². The van der Waals surface area contributed by atoms with Crippen LogP contribution in [0.3, 0.4) is 0 Å². The molecule has 0 saturated carbocycles. The number of non-ortho nitro benzene ring substituents is 1. The molecule has 0 aromatic heterocycles. The molecule has 0 spiro atoms. The van der Waals surface area contributed by atoms with E-state index in [0.717, 1.165) is 11.3 Å². The maximum absolute atomic E-state index is 10.3. The average Bonchev–Trinajstić information content (AvgIpc) is 2.91. The number of aryl methyl sites for hydroxylation is 1. The van der Waals surface area contributed by atoms with E-state index in [1.165, 1.54) is 43.5 Å². The number of nitrogen functional groups attached to an aromatic ring is 4. The topological polar surface area (TPSA) is 200 Å². The van der Waals surface area contributed by atoms with Gasteiger partial charge >= 0.3 is 0 Å². The van der Waals surface area contributed by atoms with Crippen molar-refractivity contribution in [1.82, 2.24) is 0 Å². The molecule has 41 heavy (non-hydrogen) atoms. The van der Waals surface area contributed by atoms with E-state index >= 15 is 0 Å². The highest BCUT2D eigenvalue weighted by Crippen LogP contribution is 2.26. The number of benzene rings is 4. The molecule has 0 amide bonds. The number of halogens is 4. The lowest BCUT2D eigenvalue weighted by Crippen LogP contribution is -1.94. The Bertz CT molecular complexity index is 1460. The van der Waals surface area contributed by atoms with Crippen LogP contribution in [0.15, 0.2) is 72.8 Å². The van der Waals surface area contributed by atoms with E-state index in [4.69, 9.17) is 74.1 Å². The van der Waals surface area contributed by atoms with Crippen molar-refractivity contribution in [2.45, 2.75) is 6.92 Å². The number of nitro groups is 2. The molecule has 4 aromatic carbocycles. The van der Waals surface area contributed by atoms with Gasteiger partial charge in [0.05, 0.1) is 39.4 Å². The van der Waals surface area contributed by atoms with Crippen LogP contribution in [0, 0.1) is 27.2 Å². The highest BCUT2D eigenvalue weighted by atomic mass is 35.5. The molecule has 15 heteroatoms. The van der Waals surface area contributed by atoms with Gasteiger partial charge in [0.2, 0.25) is 0 Å². The highest BCUT2D eigenvalue weighted by molar-refractivity contribution is 6.35. The molecule has 0 aliphatic rings. The maximum Gasteiger partial charge on any atom is 0.293 e. The van der Waals surface area contributed by atoms with E-state index in [0.29, 0.717) is 37.2 Å². The van der Waals surface area contributed by atoms with Crippen LogP contribution in [0.1, 0.15) is 5.56 Å². The summed E-state index contributed by atoms with van der Waals surface area (Å²) in [6, 6.07) is 18.6. The summed E-state index contributed by atoms with van der Waals surface area (Å²) >= 11 is 22.3. The molecule has 4 aromatic rings. The maximum atomic E-state index is 10.3. The summed E-state index contributed by atoms with van der Waals surface area (Å²) in [4.78, 5) is 19.5. The Morgan fingerprint density at radius 3 is 1.59 bits per heavy atom. The molecule has 0 saturated heterocycles. The van der Waals surface area contributed by atoms with Crippen molar-refractivity contribution in [2.75, 3.05) is 30.0 Å². The Hall–Kier alpha value is -4.16. The van der Waals surface area contributed by atoms with E-state index in [9.17, 15) is 20.2 Å². The lowest BCUT2D eigenvalue weighted by molar-refractivity contribution is -0.384. The van der Waals surface area contributed by atoms with Gasteiger partial charge in [-0.3, -0.25) is 20.2 Å². The van der Waals surface area contributed by atoms with Gasteiger partial charge < -0.3 is 27.7 Å². The number of nitro benzene ring substituents is 2. The highest BCUT2D eigenvalue weighted by Gasteiger charge is 2.10. The number of methoxy groups -OCH3 is 1. The summed E-state index contributed by atoms with van der Waals surface area (Å²) in [5, 5.41) is 22.7. The van der Waals surface area contributed by atoms with E-state index in [1.54, 1.807) is 24.3 Å². The van der Waals surface area contributed by atoms with Crippen molar-refractivity contribution in [1.29, 1.82) is 0 Å². The number of nitrogens with two attached hydrogens (primary N) is 4. The molecule has 0 radical (unpaired) electrons. The molecule has 218 valence electrons. The second-order valence-corrected chi connectivity index (χ2v) is 9.53. The van der Waals surface area contributed by atoms with Crippen LogP contribution < -0.4 is 27.7 Å².